The van der Waals surface area contributed by atoms with Gasteiger partial charge in [0.25, 0.3) is 0 Å². The third kappa shape index (κ3) is 6.75. The Labute approximate surface area is 157 Å². The van der Waals surface area contributed by atoms with E-state index in [0.717, 1.165) is 37.2 Å². The Morgan fingerprint density at radius 3 is 2.84 bits per heavy atom. The van der Waals surface area contributed by atoms with Gasteiger partial charge < -0.3 is 20.1 Å². The molecular formula is C19H31ClN2O3. The third-order valence-corrected chi connectivity index (χ3v) is 4.47. The summed E-state index contributed by atoms with van der Waals surface area (Å²) in [6, 6.07) is 5.79. The molecular weight excluding hydrogens is 340 g/mol. The third-order valence-electron chi connectivity index (χ3n) is 4.47. The molecule has 142 valence electrons. The Kier molecular flexibility index (Phi) is 9.68. The summed E-state index contributed by atoms with van der Waals surface area (Å²) in [6.07, 6.45) is 3.68. The van der Waals surface area contributed by atoms with E-state index in [-0.39, 0.29) is 24.4 Å². The van der Waals surface area contributed by atoms with Crippen molar-refractivity contribution in [2.45, 2.75) is 45.6 Å². The van der Waals surface area contributed by atoms with Gasteiger partial charge in [-0.2, -0.15) is 0 Å². The van der Waals surface area contributed by atoms with Crippen molar-refractivity contribution in [3.8, 4) is 11.5 Å². The van der Waals surface area contributed by atoms with Gasteiger partial charge in [-0.1, -0.05) is 13.0 Å². The highest BCUT2D eigenvalue weighted by Crippen LogP contribution is 2.30. The number of carbonyl (C=O) groups is 1. The molecule has 1 saturated heterocycles. The number of ether oxygens (including phenoxy) is 2. The lowest BCUT2D eigenvalue weighted by Gasteiger charge is -2.17. The van der Waals surface area contributed by atoms with Gasteiger partial charge in [-0.3, -0.25) is 4.79 Å². The minimum atomic E-state index is -0.0478. The fourth-order valence-electron chi connectivity index (χ4n) is 2.98. The van der Waals surface area contributed by atoms with Gasteiger partial charge >= 0.3 is 0 Å². The Balaban J connectivity index is 0.00000312. The summed E-state index contributed by atoms with van der Waals surface area (Å²) in [7, 11) is 1.64. The van der Waals surface area contributed by atoms with Crippen molar-refractivity contribution >= 4 is 18.3 Å². The summed E-state index contributed by atoms with van der Waals surface area (Å²) in [6.45, 7) is 6.85. The Hall–Kier alpha value is -1.46. The van der Waals surface area contributed by atoms with E-state index in [1.807, 2.05) is 25.1 Å². The normalized spacial score (nSPS) is 17.5. The summed E-state index contributed by atoms with van der Waals surface area (Å²) in [4.78, 5) is 12.2. The number of amides is 1. The van der Waals surface area contributed by atoms with Crippen molar-refractivity contribution in [1.82, 2.24) is 10.6 Å². The largest absolute Gasteiger partial charge is 0.493 e. The molecule has 0 radical (unpaired) electrons. The summed E-state index contributed by atoms with van der Waals surface area (Å²) in [5.41, 5.74) is 1.02. The van der Waals surface area contributed by atoms with Gasteiger partial charge in [-0.15, -0.1) is 12.4 Å². The van der Waals surface area contributed by atoms with Crippen LogP contribution < -0.4 is 20.1 Å². The molecule has 0 bridgehead atoms. The van der Waals surface area contributed by atoms with Gasteiger partial charge in [0.05, 0.1) is 19.8 Å². The molecule has 25 heavy (non-hydrogen) atoms. The number of rotatable bonds is 9. The van der Waals surface area contributed by atoms with Crippen molar-refractivity contribution in [1.29, 1.82) is 0 Å². The Morgan fingerprint density at radius 2 is 2.20 bits per heavy atom. The highest BCUT2D eigenvalue weighted by Gasteiger charge is 2.17. The topological polar surface area (TPSA) is 59.6 Å². The molecule has 1 aliphatic rings. The van der Waals surface area contributed by atoms with Crippen LogP contribution in [0.4, 0.5) is 0 Å². The zero-order valence-corrected chi connectivity index (χ0v) is 16.3. The van der Waals surface area contributed by atoms with Gasteiger partial charge in [0.2, 0.25) is 5.91 Å². The molecule has 2 N–H and O–H groups in total. The van der Waals surface area contributed by atoms with Crippen molar-refractivity contribution in [2.24, 2.45) is 5.92 Å². The van der Waals surface area contributed by atoms with E-state index in [1.54, 1.807) is 7.11 Å². The Morgan fingerprint density at radius 1 is 1.40 bits per heavy atom. The first-order chi connectivity index (χ1) is 11.6. The van der Waals surface area contributed by atoms with Crippen LogP contribution in [0, 0.1) is 5.92 Å². The number of nitrogens with one attached hydrogen (secondary N) is 2. The van der Waals surface area contributed by atoms with Gasteiger partial charge in [0, 0.05) is 6.42 Å². The zero-order valence-electron chi connectivity index (χ0n) is 15.5. The lowest BCUT2D eigenvalue weighted by atomic mass is 10.0. The molecule has 0 saturated carbocycles. The van der Waals surface area contributed by atoms with Crippen LogP contribution in [-0.2, 0) is 4.79 Å². The molecule has 1 aromatic rings. The molecule has 1 fully saturated rings. The molecule has 2 atom stereocenters. The second kappa shape index (κ2) is 11.2. The fraction of sp³-hybridized carbons (Fsp3) is 0.632. The molecule has 1 amide bonds. The molecule has 1 aliphatic heterocycles. The predicted molar refractivity (Wildman–Crippen MR) is 103 cm³/mol. The number of benzene rings is 1. The summed E-state index contributed by atoms with van der Waals surface area (Å²) >= 11 is 0. The smallest absolute Gasteiger partial charge is 0.220 e. The monoisotopic (exact) mass is 370 g/mol. The predicted octanol–water partition coefficient (Wildman–Crippen LogP) is 3.47. The van der Waals surface area contributed by atoms with E-state index in [2.05, 4.69) is 17.6 Å². The van der Waals surface area contributed by atoms with Gasteiger partial charge in [0.15, 0.2) is 11.5 Å². The van der Waals surface area contributed by atoms with Gasteiger partial charge in [-0.05, 0) is 62.9 Å². The number of hydrogen-bond donors (Lipinski definition) is 2. The van der Waals surface area contributed by atoms with Crippen LogP contribution in [0.2, 0.25) is 0 Å². The van der Waals surface area contributed by atoms with Crippen LogP contribution in [0.5, 0.6) is 11.5 Å². The first-order valence-corrected chi connectivity index (χ1v) is 8.94. The number of halogens is 1. The molecule has 1 aromatic carbocycles. The van der Waals surface area contributed by atoms with Crippen molar-refractivity contribution in [3.05, 3.63) is 23.8 Å². The quantitative estimate of drug-likeness (QED) is 0.698. The molecule has 2 unspecified atom stereocenters. The summed E-state index contributed by atoms with van der Waals surface area (Å²) in [5, 5.41) is 6.42. The summed E-state index contributed by atoms with van der Waals surface area (Å²) < 4.78 is 11.1. The molecule has 2 rings (SSSR count). The lowest BCUT2D eigenvalue weighted by molar-refractivity contribution is -0.122. The average molecular weight is 371 g/mol. The molecule has 6 heteroatoms. The maximum Gasteiger partial charge on any atom is 0.220 e. The molecule has 5 nitrogen and oxygen atoms in total. The molecule has 0 aliphatic carbocycles. The second-order valence-corrected chi connectivity index (χ2v) is 6.45. The maximum absolute atomic E-state index is 12.2. The minimum Gasteiger partial charge on any atom is -0.493 e. The zero-order chi connectivity index (χ0) is 17.4. The average Bonchev–Trinajstić information content (AvgIpc) is 3.11. The van der Waals surface area contributed by atoms with Crippen molar-refractivity contribution in [2.75, 3.05) is 26.8 Å². The fourth-order valence-corrected chi connectivity index (χ4v) is 2.98. The van der Waals surface area contributed by atoms with E-state index in [4.69, 9.17) is 9.47 Å². The van der Waals surface area contributed by atoms with Crippen LogP contribution in [0.25, 0.3) is 0 Å². The van der Waals surface area contributed by atoms with Gasteiger partial charge in [-0.25, -0.2) is 0 Å². The van der Waals surface area contributed by atoms with Crippen LogP contribution in [-0.4, -0.2) is 32.7 Å². The summed E-state index contributed by atoms with van der Waals surface area (Å²) in [5.74, 6) is 2.20. The van der Waals surface area contributed by atoms with Crippen LogP contribution >= 0.6 is 12.4 Å². The molecule has 0 aromatic heterocycles. The van der Waals surface area contributed by atoms with Crippen LogP contribution in [0.1, 0.15) is 51.1 Å². The van der Waals surface area contributed by atoms with E-state index in [9.17, 15) is 4.79 Å². The first-order valence-electron chi connectivity index (χ1n) is 8.94. The lowest BCUT2D eigenvalue weighted by Crippen LogP contribution is -2.27. The molecule has 1 heterocycles. The standard InChI is InChI=1S/C19H30N2O3.ClH/c1-4-11-24-17-7-6-16(12-18(17)23-3)14(2)21-19(22)8-5-15-9-10-20-13-15;/h6-7,12,14-15,20H,4-5,8-11,13H2,1-3H3,(H,21,22);1H. The molecule has 0 spiro atoms. The SMILES string of the molecule is CCCOc1ccc(C(C)NC(=O)CCC2CCNC2)cc1OC.Cl. The number of hydrogen-bond acceptors (Lipinski definition) is 4. The first kappa shape index (κ1) is 21.6. The van der Waals surface area contributed by atoms with E-state index in [0.29, 0.717) is 24.7 Å². The second-order valence-electron chi connectivity index (χ2n) is 6.45. The van der Waals surface area contributed by atoms with E-state index >= 15 is 0 Å². The minimum absolute atomic E-state index is 0. The van der Waals surface area contributed by atoms with Crippen LogP contribution in [0.15, 0.2) is 18.2 Å². The van der Waals surface area contributed by atoms with Crippen molar-refractivity contribution < 1.29 is 14.3 Å². The highest BCUT2D eigenvalue weighted by atomic mass is 35.5. The van der Waals surface area contributed by atoms with Crippen molar-refractivity contribution in [3.63, 3.8) is 0 Å². The maximum atomic E-state index is 12.2. The highest BCUT2D eigenvalue weighted by molar-refractivity contribution is 5.85. The van der Waals surface area contributed by atoms with E-state index in [1.165, 1.54) is 6.42 Å². The number of carbonyl (C=O) groups excluding carboxylic acids is 1. The van der Waals surface area contributed by atoms with E-state index < -0.39 is 0 Å². The van der Waals surface area contributed by atoms with Gasteiger partial charge in [0.1, 0.15) is 0 Å². The Bertz CT molecular complexity index is 533. The van der Waals surface area contributed by atoms with Crippen LogP contribution in [0.3, 0.4) is 0 Å². The number of methoxy groups -OCH3 is 1.